The molecule has 9 heteroatoms. The van der Waals surface area contributed by atoms with Crippen molar-refractivity contribution in [2.45, 2.75) is 64.3 Å². The Morgan fingerprint density at radius 1 is 1.23 bits per heavy atom. The summed E-state index contributed by atoms with van der Waals surface area (Å²) in [6.07, 6.45) is 4.19. The Hall–Kier alpha value is -2.55. The zero-order valence-electron chi connectivity index (χ0n) is 18.6. The molecule has 0 aliphatic heterocycles. The number of aryl methyl sites for hydroxylation is 2. The average Bonchev–Trinajstić information content (AvgIpc) is 3.08. The summed E-state index contributed by atoms with van der Waals surface area (Å²) in [6, 6.07) is 6.71. The maximum Gasteiger partial charge on any atom is 0.270 e. The summed E-state index contributed by atoms with van der Waals surface area (Å²) in [7, 11) is -4.07. The predicted octanol–water partition coefficient (Wildman–Crippen LogP) is 3.58. The molecule has 1 saturated carbocycles. The molecule has 1 aliphatic rings. The molecule has 1 aromatic carbocycles. The SMILES string of the molecule is CCOc1ccc(N(CC(=O)N[C@H]2CCCC[C@@H]2C)S(=O)(=O)c2c(C)noc2C)cc1. The van der Waals surface area contributed by atoms with Crippen molar-refractivity contribution in [1.29, 1.82) is 0 Å². The fraction of sp³-hybridized carbons (Fsp3) is 0.545. The van der Waals surface area contributed by atoms with E-state index in [0.717, 1.165) is 30.0 Å². The maximum atomic E-state index is 13.6. The molecule has 2 aromatic rings. The van der Waals surface area contributed by atoms with Crippen LogP contribution in [0.25, 0.3) is 0 Å². The molecule has 0 unspecified atom stereocenters. The molecule has 2 atom stereocenters. The van der Waals surface area contributed by atoms with E-state index in [1.165, 1.54) is 0 Å². The van der Waals surface area contributed by atoms with Gasteiger partial charge in [-0.1, -0.05) is 24.9 Å². The first kappa shape index (κ1) is 23.1. The number of amides is 1. The van der Waals surface area contributed by atoms with E-state index in [1.807, 2.05) is 6.92 Å². The van der Waals surface area contributed by atoms with Gasteiger partial charge in [-0.2, -0.15) is 0 Å². The number of nitrogens with zero attached hydrogens (tertiary/aromatic N) is 2. The number of hydrogen-bond acceptors (Lipinski definition) is 6. The average molecular weight is 450 g/mol. The molecule has 0 spiro atoms. The van der Waals surface area contributed by atoms with Crippen LogP contribution in [0.1, 0.15) is 51.0 Å². The number of sulfonamides is 1. The highest BCUT2D eigenvalue weighted by molar-refractivity contribution is 7.93. The molecule has 1 fully saturated rings. The third-order valence-electron chi connectivity index (χ3n) is 5.70. The molecule has 1 aromatic heterocycles. The number of rotatable bonds is 8. The Morgan fingerprint density at radius 3 is 2.48 bits per heavy atom. The van der Waals surface area contributed by atoms with Gasteiger partial charge in [0, 0.05) is 6.04 Å². The fourth-order valence-electron chi connectivity index (χ4n) is 4.06. The maximum absolute atomic E-state index is 13.6. The third kappa shape index (κ3) is 5.20. The Bertz CT molecular complexity index is 981. The summed E-state index contributed by atoms with van der Waals surface area (Å²) in [6.45, 7) is 7.29. The lowest BCUT2D eigenvalue weighted by Gasteiger charge is -2.31. The molecule has 1 N–H and O–H groups in total. The van der Waals surface area contributed by atoms with Gasteiger partial charge in [0.1, 0.15) is 18.0 Å². The molecular weight excluding hydrogens is 418 g/mol. The number of aromatic nitrogens is 1. The minimum absolute atomic E-state index is 0.0137. The number of anilines is 1. The molecule has 1 aliphatic carbocycles. The Kier molecular flexibility index (Phi) is 7.25. The van der Waals surface area contributed by atoms with Gasteiger partial charge in [-0.05, 0) is 63.8 Å². The number of nitrogens with one attached hydrogen (secondary N) is 1. The van der Waals surface area contributed by atoms with Crippen molar-refractivity contribution in [1.82, 2.24) is 10.5 Å². The van der Waals surface area contributed by atoms with Gasteiger partial charge in [0.05, 0.1) is 12.3 Å². The van der Waals surface area contributed by atoms with Crippen LogP contribution in [-0.2, 0) is 14.8 Å². The lowest BCUT2D eigenvalue weighted by Crippen LogP contribution is -2.47. The summed E-state index contributed by atoms with van der Waals surface area (Å²) >= 11 is 0. The highest BCUT2D eigenvalue weighted by Gasteiger charge is 2.33. The molecule has 1 heterocycles. The van der Waals surface area contributed by atoms with Crippen molar-refractivity contribution in [3.05, 3.63) is 35.7 Å². The van der Waals surface area contributed by atoms with Gasteiger partial charge in [0.25, 0.3) is 10.0 Å². The standard InChI is InChI=1S/C22H31N3O5S/c1-5-29-19-12-10-18(11-13-19)25(31(27,28)22-16(3)24-30-17(22)4)14-21(26)23-20-9-7-6-8-15(20)2/h10-13,15,20H,5-9,14H2,1-4H3,(H,23,26)/t15-,20-/m0/s1. The highest BCUT2D eigenvalue weighted by atomic mass is 32.2. The molecule has 1 amide bonds. The molecule has 0 bridgehead atoms. The second kappa shape index (κ2) is 9.72. The van der Waals surface area contributed by atoms with E-state index in [9.17, 15) is 13.2 Å². The van der Waals surface area contributed by atoms with E-state index in [4.69, 9.17) is 9.26 Å². The van der Waals surface area contributed by atoms with E-state index in [-0.39, 0.29) is 34.8 Å². The Balaban J connectivity index is 1.91. The highest BCUT2D eigenvalue weighted by Crippen LogP contribution is 2.29. The van der Waals surface area contributed by atoms with Crippen LogP contribution in [0.4, 0.5) is 5.69 Å². The Morgan fingerprint density at radius 2 is 1.90 bits per heavy atom. The molecule has 8 nitrogen and oxygen atoms in total. The summed E-state index contributed by atoms with van der Waals surface area (Å²) < 4.78 is 38.8. The molecule has 0 radical (unpaired) electrons. The van der Waals surface area contributed by atoms with Gasteiger partial charge in [-0.25, -0.2) is 8.42 Å². The summed E-state index contributed by atoms with van der Waals surface area (Å²) in [5, 5.41) is 6.82. The van der Waals surface area contributed by atoms with Crippen LogP contribution in [0.2, 0.25) is 0 Å². The lowest BCUT2D eigenvalue weighted by atomic mass is 9.86. The third-order valence-corrected chi connectivity index (χ3v) is 7.72. The fourth-order valence-corrected chi connectivity index (χ4v) is 5.77. The van der Waals surface area contributed by atoms with E-state index < -0.39 is 10.0 Å². The first-order valence-electron chi connectivity index (χ1n) is 10.7. The zero-order chi connectivity index (χ0) is 22.6. The van der Waals surface area contributed by atoms with Gasteiger partial charge < -0.3 is 14.6 Å². The number of carbonyl (C=O) groups is 1. The van der Waals surface area contributed by atoms with Crippen molar-refractivity contribution in [2.75, 3.05) is 17.5 Å². The van der Waals surface area contributed by atoms with Crippen molar-refractivity contribution in [3.63, 3.8) is 0 Å². The minimum atomic E-state index is -4.07. The summed E-state index contributed by atoms with van der Waals surface area (Å²) in [4.78, 5) is 12.9. The minimum Gasteiger partial charge on any atom is -0.494 e. The van der Waals surface area contributed by atoms with Gasteiger partial charge >= 0.3 is 0 Å². The quantitative estimate of drug-likeness (QED) is 0.661. The van der Waals surface area contributed by atoms with Crippen molar-refractivity contribution >= 4 is 21.6 Å². The number of hydrogen-bond donors (Lipinski definition) is 1. The van der Waals surface area contributed by atoms with Gasteiger partial charge in [-0.15, -0.1) is 0 Å². The number of carbonyl (C=O) groups excluding carboxylic acids is 1. The van der Waals surface area contributed by atoms with Crippen LogP contribution in [0.3, 0.4) is 0 Å². The Labute approximate surface area is 184 Å². The molecule has 170 valence electrons. The van der Waals surface area contributed by atoms with Crippen LogP contribution in [0, 0.1) is 19.8 Å². The molecular formula is C22H31N3O5S. The number of ether oxygens (including phenoxy) is 1. The van der Waals surface area contributed by atoms with E-state index in [2.05, 4.69) is 17.4 Å². The van der Waals surface area contributed by atoms with Crippen LogP contribution in [0.5, 0.6) is 5.75 Å². The first-order valence-corrected chi connectivity index (χ1v) is 12.2. The largest absolute Gasteiger partial charge is 0.494 e. The van der Waals surface area contributed by atoms with Crippen molar-refractivity contribution < 1.29 is 22.5 Å². The lowest BCUT2D eigenvalue weighted by molar-refractivity contribution is -0.120. The smallest absolute Gasteiger partial charge is 0.270 e. The van der Waals surface area contributed by atoms with Gasteiger partial charge in [0.2, 0.25) is 5.91 Å². The first-order chi connectivity index (χ1) is 14.7. The van der Waals surface area contributed by atoms with Crippen LogP contribution in [-0.4, -0.2) is 38.7 Å². The van der Waals surface area contributed by atoms with E-state index in [1.54, 1.807) is 38.1 Å². The van der Waals surface area contributed by atoms with Crippen LogP contribution >= 0.6 is 0 Å². The summed E-state index contributed by atoms with van der Waals surface area (Å²) in [5.74, 6) is 0.856. The van der Waals surface area contributed by atoms with Gasteiger partial charge in [0.15, 0.2) is 10.7 Å². The van der Waals surface area contributed by atoms with Crippen molar-refractivity contribution in [2.24, 2.45) is 5.92 Å². The molecule has 0 saturated heterocycles. The van der Waals surface area contributed by atoms with Crippen molar-refractivity contribution in [3.8, 4) is 5.75 Å². The second-order valence-electron chi connectivity index (χ2n) is 8.03. The zero-order valence-corrected chi connectivity index (χ0v) is 19.4. The normalized spacial score (nSPS) is 19.1. The monoisotopic (exact) mass is 449 g/mol. The van der Waals surface area contributed by atoms with E-state index >= 15 is 0 Å². The second-order valence-corrected chi connectivity index (χ2v) is 9.83. The van der Waals surface area contributed by atoms with E-state index in [0.29, 0.717) is 24.0 Å². The topological polar surface area (TPSA) is 102 Å². The molecule has 31 heavy (non-hydrogen) atoms. The molecule has 3 rings (SSSR count). The number of benzene rings is 1. The predicted molar refractivity (Wildman–Crippen MR) is 118 cm³/mol. The van der Waals surface area contributed by atoms with Crippen LogP contribution < -0.4 is 14.4 Å². The van der Waals surface area contributed by atoms with Crippen LogP contribution in [0.15, 0.2) is 33.7 Å². The van der Waals surface area contributed by atoms with Gasteiger partial charge in [-0.3, -0.25) is 9.10 Å². The summed E-state index contributed by atoms with van der Waals surface area (Å²) in [5.41, 5.74) is 0.630.